The van der Waals surface area contributed by atoms with Crippen molar-refractivity contribution in [2.45, 2.75) is 39.2 Å². The summed E-state index contributed by atoms with van der Waals surface area (Å²) in [6, 6.07) is 9.52. The molecule has 3 rings (SSSR count). The lowest BCUT2D eigenvalue weighted by atomic mass is 9.97. The highest BCUT2D eigenvalue weighted by Gasteiger charge is 2.21. The Kier molecular flexibility index (Phi) is 3.46. The molecule has 1 aliphatic rings. The Bertz CT molecular complexity index is 576. The van der Waals surface area contributed by atoms with E-state index in [1.165, 1.54) is 40.8 Å². The summed E-state index contributed by atoms with van der Waals surface area (Å²) in [5.41, 5.74) is 5.72. The normalized spacial score (nSPS) is 15.5. The van der Waals surface area contributed by atoms with Crippen molar-refractivity contribution in [1.29, 1.82) is 0 Å². The highest BCUT2D eigenvalue weighted by atomic mass is 32.1. The van der Waals surface area contributed by atoms with Gasteiger partial charge in [0, 0.05) is 9.75 Å². The Hall–Kier alpha value is -1.12. The second kappa shape index (κ2) is 5.10. The molecule has 1 aliphatic carbocycles. The van der Waals surface area contributed by atoms with Gasteiger partial charge in [0.1, 0.15) is 0 Å². The van der Waals surface area contributed by atoms with E-state index in [2.05, 4.69) is 50.5 Å². The van der Waals surface area contributed by atoms with Gasteiger partial charge < -0.3 is 5.32 Å². The molecule has 2 aromatic rings. The Labute approximate surface area is 119 Å². The number of hydrogen-bond acceptors (Lipinski definition) is 2. The first kappa shape index (κ1) is 12.9. The molecular formula is C17H21NS. The van der Waals surface area contributed by atoms with E-state index in [9.17, 15) is 0 Å². The van der Waals surface area contributed by atoms with Crippen molar-refractivity contribution >= 4 is 11.3 Å². The second-order valence-electron chi connectivity index (χ2n) is 5.53. The average Bonchev–Trinajstić information content (AvgIpc) is 2.95. The Balaban J connectivity index is 2.01. The maximum absolute atomic E-state index is 3.50. The second-order valence-corrected chi connectivity index (χ2v) is 6.70. The van der Waals surface area contributed by atoms with Crippen molar-refractivity contribution in [2.75, 3.05) is 7.05 Å². The predicted molar refractivity (Wildman–Crippen MR) is 83.2 cm³/mol. The van der Waals surface area contributed by atoms with E-state index in [4.69, 9.17) is 0 Å². The minimum Gasteiger partial charge on any atom is -0.309 e. The van der Waals surface area contributed by atoms with E-state index in [-0.39, 0.29) is 0 Å². The van der Waals surface area contributed by atoms with Crippen molar-refractivity contribution < 1.29 is 0 Å². The van der Waals surface area contributed by atoms with Crippen molar-refractivity contribution in [3.63, 3.8) is 0 Å². The molecule has 1 N–H and O–H groups in total. The van der Waals surface area contributed by atoms with Gasteiger partial charge in [0.15, 0.2) is 0 Å². The van der Waals surface area contributed by atoms with E-state index >= 15 is 0 Å². The Morgan fingerprint density at radius 3 is 2.74 bits per heavy atom. The number of fused-ring (bicyclic) bond motifs is 1. The van der Waals surface area contributed by atoms with Crippen molar-refractivity contribution in [3.05, 3.63) is 56.3 Å². The van der Waals surface area contributed by atoms with Gasteiger partial charge in [-0.2, -0.15) is 0 Å². The quantitative estimate of drug-likeness (QED) is 0.884. The van der Waals surface area contributed by atoms with Gasteiger partial charge in [-0.05, 0) is 62.9 Å². The molecule has 0 aliphatic heterocycles. The predicted octanol–water partition coefficient (Wildman–Crippen LogP) is 4.16. The highest BCUT2D eigenvalue weighted by Crippen LogP contribution is 2.36. The molecule has 0 spiro atoms. The molecule has 1 aromatic carbocycles. The summed E-state index contributed by atoms with van der Waals surface area (Å²) < 4.78 is 0. The van der Waals surface area contributed by atoms with Crippen LogP contribution in [0.15, 0.2) is 24.3 Å². The fourth-order valence-corrected chi connectivity index (χ4v) is 4.40. The van der Waals surface area contributed by atoms with Gasteiger partial charge in [-0.25, -0.2) is 0 Å². The molecule has 0 radical (unpaired) electrons. The van der Waals surface area contributed by atoms with E-state index in [0.717, 1.165) is 0 Å². The molecule has 1 unspecified atom stereocenters. The van der Waals surface area contributed by atoms with Gasteiger partial charge in [0.2, 0.25) is 0 Å². The fraction of sp³-hybridized carbons (Fsp3) is 0.412. The molecular weight excluding hydrogens is 250 g/mol. The van der Waals surface area contributed by atoms with Crippen LogP contribution < -0.4 is 5.32 Å². The van der Waals surface area contributed by atoms with E-state index in [1.807, 2.05) is 11.3 Å². The lowest BCUT2D eigenvalue weighted by molar-refractivity contribution is 0.698. The Morgan fingerprint density at radius 2 is 2.00 bits per heavy atom. The first-order valence-electron chi connectivity index (χ1n) is 7.05. The summed E-state index contributed by atoms with van der Waals surface area (Å²) in [5, 5.41) is 3.50. The van der Waals surface area contributed by atoms with Gasteiger partial charge in [-0.3, -0.25) is 0 Å². The molecule has 0 saturated carbocycles. The number of aryl methyl sites for hydroxylation is 4. The van der Waals surface area contributed by atoms with Gasteiger partial charge in [-0.15, -0.1) is 11.3 Å². The smallest absolute Gasteiger partial charge is 0.0671 e. The molecule has 19 heavy (non-hydrogen) atoms. The highest BCUT2D eigenvalue weighted by molar-refractivity contribution is 7.12. The van der Waals surface area contributed by atoms with E-state index in [1.54, 1.807) is 10.4 Å². The van der Waals surface area contributed by atoms with Crippen molar-refractivity contribution in [1.82, 2.24) is 5.32 Å². The summed E-state index contributed by atoms with van der Waals surface area (Å²) in [5.74, 6) is 0. The number of thiophene rings is 1. The SMILES string of the molecule is CNC(c1cc2c(s1)CCC2)c1cc(C)ccc1C. The van der Waals surface area contributed by atoms with Crippen LogP contribution in [-0.4, -0.2) is 7.05 Å². The van der Waals surface area contributed by atoms with Gasteiger partial charge in [-0.1, -0.05) is 23.8 Å². The van der Waals surface area contributed by atoms with Gasteiger partial charge in [0.25, 0.3) is 0 Å². The molecule has 0 bridgehead atoms. The van der Waals surface area contributed by atoms with Crippen LogP contribution in [0.3, 0.4) is 0 Å². The van der Waals surface area contributed by atoms with Crippen LogP contribution in [0.1, 0.15) is 44.5 Å². The number of nitrogens with one attached hydrogen (secondary N) is 1. The van der Waals surface area contributed by atoms with Crippen LogP contribution in [0.2, 0.25) is 0 Å². The molecule has 1 atom stereocenters. The zero-order valence-corrected chi connectivity index (χ0v) is 12.7. The van der Waals surface area contributed by atoms with Crippen molar-refractivity contribution in [3.8, 4) is 0 Å². The summed E-state index contributed by atoms with van der Waals surface area (Å²) in [6.45, 7) is 4.38. The summed E-state index contributed by atoms with van der Waals surface area (Å²) >= 11 is 2.00. The zero-order chi connectivity index (χ0) is 13.4. The van der Waals surface area contributed by atoms with E-state index < -0.39 is 0 Å². The summed E-state index contributed by atoms with van der Waals surface area (Å²) in [4.78, 5) is 3.08. The monoisotopic (exact) mass is 271 g/mol. The molecule has 100 valence electrons. The Morgan fingerprint density at radius 1 is 1.16 bits per heavy atom. The van der Waals surface area contributed by atoms with Crippen LogP contribution in [0.25, 0.3) is 0 Å². The third-order valence-corrected chi connectivity index (χ3v) is 5.39. The van der Waals surface area contributed by atoms with Crippen LogP contribution in [0, 0.1) is 13.8 Å². The standard InChI is InChI=1S/C17H21NS/c1-11-7-8-12(2)14(9-11)17(18-3)16-10-13-5-4-6-15(13)19-16/h7-10,17-18H,4-6H2,1-3H3. The van der Waals surface area contributed by atoms with Crippen molar-refractivity contribution in [2.24, 2.45) is 0 Å². The molecule has 0 amide bonds. The molecule has 0 saturated heterocycles. The zero-order valence-electron chi connectivity index (χ0n) is 11.9. The van der Waals surface area contributed by atoms with Gasteiger partial charge in [0.05, 0.1) is 6.04 Å². The molecule has 2 heteroatoms. The third-order valence-electron chi connectivity index (χ3n) is 4.08. The minimum absolute atomic E-state index is 0.343. The van der Waals surface area contributed by atoms with Crippen LogP contribution >= 0.6 is 11.3 Å². The maximum atomic E-state index is 3.50. The molecule has 1 aromatic heterocycles. The molecule has 1 heterocycles. The molecule has 1 nitrogen and oxygen atoms in total. The van der Waals surface area contributed by atoms with Gasteiger partial charge >= 0.3 is 0 Å². The first-order valence-corrected chi connectivity index (χ1v) is 7.86. The first-order chi connectivity index (χ1) is 9.19. The lowest BCUT2D eigenvalue weighted by Crippen LogP contribution is -2.17. The minimum atomic E-state index is 0.343. The fourth-order valence-electron chi connectivity index (χ4n) is 3.02. The number of benzene rings is 1. The largest absolute Gasteiger partial charge is 0.309 e. The maximum Gasteiger partial charge on any atom is 0.0671 e. The van der Waals surface area contributed by atoms with Crippen LogP contribution in [0.4, 0.5) is 0 Å². The molecule has 0 fully saturated rings. The topological polar surface area (TPSA) is 12.0 Å². The summed E-state index contributed by atoms with van der Waals surface area (Å²) in [6.07, 6.45) is 3.90. The number of rotatable bonds is 3. The lowest BCUT2D eigenvalue weighted by Gasteiger charge is -2.18. The average molecular weight is 271 g/mol. The summed E-state index contributed by atoms with van der Waals surface area (Å²) in [7, 11) is 2.07. The number of hydrogen-bond donors (Lipinski definition) is 1. The van der Waals surface area contributed by atoms with Crippen LogP contribution in [0.5, 0.6) is 0 Å². The third kappa shape index (κ3) is 2.35. The van der Waals surface area contributed by atoms with E-state index in [0.29, 0.717) is 6.04 Å². The van der Waals surface area contributed by atoms with Crippen LogP contribution in [-0.2, 0) is 12.8 Å².